The lowest BCUT2D eigenvalue weighted by atomic mass is 9.99. The third-order valence-electron chi connectivity index (χ3n) is 4.89. The molecule has 0 radical (unpaired) electrons. The zero-order chi connectivity index (χ0) is 15.8. The maximum atomic E-state index is 11.2. The van der Waals surface area contributed by atoms with Crippen LogP contribution in [0.1, 0.15) is 54.7 Å². The van der Waals surface area contributed by atoms with E-state index in [2.05, 4.69) is 27.1 Å². The van der Waals surface area contributed by atoms with Crippen molar-refractivity contribution in [3.05, 3.63) is 29.7 Å². The summed E-state index contributed by atoms with van der Waals surface area (Å²) in [6.45, 7) is 4.45. The summed E-state index contributed by atoms with van der Waals surface area (Å²) in [5.41, 5.74) is 2.27. The molecule has 1 saturated carbocycles. The molecule has 4 rings (SSSR count). The Morgan fingerprint density at radius 1 is 1.17 bits per heavy atom. The summed E-state index contributed by atoms with van der Waals surface area (Å²) >= 11 is 0. The SMILES string of the molecule is CC1CCN(c2ccc(-n3nnc(C=O)c3C3CC3)cn2)CC1. The minimum absolute atomic E-state index is 0.411. The van der Waals surface area contributed by atoms with Crippen molar-refractivity contribution in [1.29, 1.82) is 0 Å². The van der Waals surface area contributed by atoms with Crippen LogP contribution in [0.15, 0.2) is 18.3 Å². The molecule has 0 atom stereocenters. The van der Waals surface area contributed by atoms with E-state index in [0.29, 0.717) is 11.6 Å². The molecule has 0 bridgehead atoms. The Bertz CT molecular complexity index is 696. The number of aldehydes is 1. The molecule has 6 nitrogen and oxygen atoms in total. The maximum Gasteiger partial charge on any atom is 0.172 e. The van der Waals surface area contributed by atoms with Crippen LogP contribution < -0.4 is 4.90 Å². The molecule has 0 spiro atoms. The lowest BCUT2D eigenvalue weighted by Crippen LogP contribution is -2.33. The van der Waals surface area contributed by atoms with Crippen molar-refractivity contribution < 1.29 is 4.79 Å². The highest BCUT2D eigenvalue weighted by atomic mass is 16.1. The molecule has 2 fully saturated rings. The third kappa shape index (κ3) is 2.73. The van der Waals surface area contributed by atoms with E-state index in [9.17, 15) is 4.79 Å². The van der Waals surface area contributed by atoms with E-state index < -0.39 is 0 Å². The monoisotopic (exact) mass is 311 g/mol. The molecular weight excluding hydrogens is 290 g/mol. The van der Waals surface area contributed by atoms with Crippen LogP contribution in [0.25, 0.3) is 5.69 Å². The molecule has 2 aliphatic rings. The van der Waals surface area contributed by atoms with E-state index in [1.165, 1.54) is 12.8 Å². The summed E-state index contributed by atoms with van der Waals surface area (Å²) in [5, 5.41) is 8.15. The van der Waals surface area contributed by atoms with Crippen molar-refractivity contribution in [3.8, 4) is 5.69 Å². The van der Waals surface area contributed by atoms with Gasteiger partial charge in [-0.15, -0.1) is 5.10 Å². The molecule has 0 unspecified atom stereocenters. The van der Waals surface area contributed by atoms with Crippen LogP contribution in [0.2, 0.25) is 0 Å². The van der Waals surface area contributed by atoms with E-state index >= 15 is 0 Å². The number of carbonyl (C=O) groups is 1. The third-order valence-corrected chi connectivity index (χ3v) is 4.89. The van der Waals surface area contributed by atoms with Gasteiger partial charge in [0.25, 0.3) is 0 Å². The molecule has 6 heteroatoms. The number of nitrogens with zero attached hydrogens (tertiary/aromatic N) is 5. The Labute approximate surface area is 135 Å². The molecule has 0 aromatic carbocycles. The molecule has 2 aromatic heterocycles. The largest absolute Gasteiger partial charge is 0.357 e. The quantitative estimate of drug-likeness (QED) is 0.812. The van der Waals surface area contributed by atoms with Gasteiger partial charge in [-0.3, -0.25) is 4.79 Å². The summed E-state index contributed by atoms with van der Waals surface area (Å²) in [6, 6.07) is 4.07. The number of hydrogen-bond donors (Lipinski definition) is 0. The van der Waals surface area contributed by atoms with Crippen LogP contribution in [0.5, 0.6) is 0 Å². The fourth-order valence-corrected chi connectivity index (χ4v) is 3.24. The van der Waals surface area contributed by atoms with Crippen molar-refractivity contribution in [2.75, 3.05) is 18.0 Å². The van der Waals surface area contributed by atoms with Gasteiger partial charge in [-0.2, -0.15) is 0 Å². The van der Waals surface area contributed by atoms with E-state index in [4.69, 9.17) is 0 Å². The average Bonchev–Trinajstić information content (AvgIpc) is 3.34. The molecule has 2 aromatic rings. The fraction of sp³-hybridized carbons (Fsp3) is 0.529. The number of rotatable bonds is 4. The first-order chi connectivity index (χ1) is 11.3. The van der Waals surface area contributed by atoms with Gasteiger partial charge in [0.05, 0.1) is 17.6 Å². The molecule has 0 amide bonds. The Balaban J connectivity index is 1.59. The van der Waals surface area contributed by atoms with E-state index in [-0.39, 0.29) is 0 Å². The van der Waals surface area contributed by atoms with Gasteiger partial charge in [-0.05, 0) is 43.7 Å². The van der Waals surface area contributed by atoms with Gasteiger partial charge in [0.2, 0.25) is 0 Å². The number of aromatic nitrogens is 4. The Kier molecular flexibility index (Phi) is 3.59. The Hall–Kier alpha value is -2.24. The Morgan fingerprint density at radius 3 is 2.57 bits per heavy atom. The van der Waals surface area contributed by atoms with Gasteiger partial charge in [0.15, 0.2) is 6.29 Å². The molecule has 1 aliphatic heterocycles. The van der Waals surface area contributed by atoms with Crippen molar-refractivity contribution >= 4 is 12.1 Å². The van der Waals surface area contributed by atoms with Crippen molar-refractivity contribution in [1.82, 2.24) is 20.0 Å². The van der Waals surface area contributed by atoms with Crippen LogP contribution in [0, 0.1) is 5.92 Å². The number of carbonyl (C=O) groups excluding carboxylic acids is 1. The molecule has 1 saturated heterocycles. The minimum atomic E-state index is 0.411. The lowest BCUT2D eigenvalue weighted by Gasteiger charge is -2.31. The second kappa shape index (κ2) is 5.76. The number of piperidine rings is 1. The maximum absolute atomic E-state index is 11.2. The van der Waals surface area contributed by atoms with Crippen LogP contribution in [-0.2, 0) is 0 Å². The fourth-order valence-electron chi connectivity index (χ4n) is 3.24. The number of pyridine rings is 1. The van der Waals surface area contributed by atoms with Crippen LogP contribution in [0.3, 0.4) is 0 Å². The van der Waals surface area contributed by atoms with Gasteiger partial charge in [0.1, 0.15) is 11.5 Å². The van der Waals surface area contributed by atoms with E-state index in [1.807, 2.05) is 18.3 Å². The minimum Gasteiger partial charge on any atom is -0.357 e. The first-order valence-corrected chi connectivity index (χ1v) is 8.38. The highest BCUT2D eigenvalue weighted by Gasteiger charge is 2.31. The summed E-state index contributed by atoms with van der Waals surface area (Å²) in [7, 11) is 0. The van der Waals surface area contributed by atoms with Gasteiger partial charge in [-0.25, -0.2) is 9.67 Å². The predicted molar refractivity (Wildman–Crippen MR) is 87.1 cm³/mol. The first-order valence-electron chi connectivity index (χ1n) is 8.38. The molecule has 1 aliphatic carbocycles. The van der Waals surface area contributed by atoms with Crippen molar-refractivity contribution in [2.24, 2.45) is 5.92 Å². The van der Waals surface area contributed by atoms with Crippen LogP contribution in [-0.4, -0.2) is 39.4 Å². The average molecular weight is 311 g/mol. The summed E-state index contributed by atoms with van der Waals surface area (Å²) < 4.78 is 1.77. The number of anilines is 1. The summed E-state index contributed by atoms with van der Waals surface area (Å²) in [6.07, 6.45) is 7.29. The van der Waals surface area contributed by atoms with E-state index in [0.717, 1.165) is 55.3 Å². The lowest BCUT2D eigenvalue weighted by molar-refractivity contribution is 0.111. The second-order valence-electron chi connectivity index (χ2n) is 6.71. The molecule has 23 heavy (non-hydrogen) atoms. The van der Waals surface area contributed by atoms with Crippen LogP contribution >= 0.6 is 0 Å². The molecule has 0 N–H and O–H groups in total. The Morgan fingerprint density at radius 2 is 1.96 bits per heavy atom. The zero-order valence-corrected chi connectivity index (χ0v) is 13.4. The van der Waals surface area contributed by atoms with Gasteiger partial charge >= 0.3 is 0 Å². The highest BCUT2D eigenvalue weighted by Crippen LogP contribution is 2.41. The van der Waals surface area contributed by atoms with Gasteiger partial charge < -0.3 is 4.90 Å². The first kappa shape index (κ1) is 14.4. The molecule has 120 valence electrons. The topological polar surface area (TPSA) is 63.9 Å². The summed E-state index contributed by atoms with van der Waals surface area (Å²) in [5.74, 6) is 2.24. The number of hydrogen-bond acceptors (Lipinski definition) is 5. The predicted octanol–water partition coefficient (Wildman–Crippen LogP) is 2.59. The standard InChI is InChI=1S/C17H21N5O/c1-12-6-8-21(9-7-12)16-5-4-14(10-18-16)22-17(13-2-3-13)15(11-23)19-20-22/h4-5,10-13H,2-3,6-9H2,1H3. The zero-order valence-electron chi connectivity index (χ0n) is 13.4. The van der Waals surface area contributed by atoms with Crippen LogP contribution in [0.4, 0.5) is 5.82 Å². The normalized spacial score (nSPS) is 19.1. The second-order valence-corrected chi connectivity index (χ2v) is 6.71. The molecular formula is C17H21N5O. The van der Waals surface area contributed by atoms with Gasteiger partial charge in [0, 0.05) is 19.0 Å². The summed E-state index contributed by atoms with van der Waals surface area (Å²) in [4.78, 5) is 18.1. The highest BCUT2D eigenvalue weighted by molar-refractivity contribution is 5.74. The van der Waals surface area contributed by atoms with Gasteiger partial charge in [-0.1, -0.05) is 12.1 Å². The smallest absolute Gasteiger partial charge is 0.172 e. The van der Waals surface area contributed by atoms with E-state index in [1.54, 1.807) is 4.68 Å². The van der Waals surface area contributed by atoms with Crippen molar-refractivity contribution in [2.45, 2.75) is 38.5 Å². The molecule has 3 heterocycles. The van der Waals surface area contributed by atoms with Crippen molar-refractivity contribution in [3.63, 3.8) is 0 Å².